The van der Waals surface area contributed by atoms with Crippen LogP contribution in [-0.2, 0) is 6.42 Å². The molecule has 0 heterocycles. The molecule has 0 bridgehead atoms. The van der Waals surface area contributed by atoms with E-state index in [0.29, 0.717) is 0 Å². The van der Waals surface area contributed by atoms with Gasteiger partial charge in [-0.25, -0.2) is 0 Å². The van der Waals surface area contributed by atoms with Crippen molar-refractivity contribution in [1.82, 2.24) is 0 Å². The Hall–Kier alpha value is -3.19. The summed E-state index contributed by atoms with van der Waals surface area (Å²) < 4.78 is 0. The van der Waals surface area contributed by atoms with E-state index in [-0.39, 0.29) is 5.78 Å². The highest BCUT2D eigenvalue weighted by Gasteiger charge is 2.19. The summed E-state index contributed by atoms with van der Waals surface area (Å²) in [6.07, 6.45) is 10.0. The van der Waals surface area contributed by atoms with Crippen molar-refractivity contribution in [3.05, 3.63) is 104 Å². The van der Waals surface area contributed by atoms with Crippen molar-refractivity contribution < 1.29 is 4.79 Å². The SMILES string of the molecule is CCCc1ccc(-c2cc3c(c4c2=CC=CC4=O)C=c2ccccc2=3)cc1. The smallest absolute Gasteiger partial charge is 0.187 e. The largest absolute Gasteiger partial charge is 0.289 e. The number of carbonyl (C=O) groups excluding carboxylic acids is 1. The Kier molecular flexibility index (Phi) is 3.68. The lowest BCUT2D eigenvalue weighted by Gasteiger charge is -2.13. The lowest BCUT2D eigenvalue weighted by Crippen LogP contribution is -2.21. The zero-order valence-electron chi connectivity index (χ0n) is 15.3. The number of rotatable bonds is 3. The monoisotopic (exact) mass is 348 g/mol. The topological polar surface area (TPSA) is 17.1 Å². The summed E-state index contributed by atoms with van der Waals surface area (Å²) in [5.74, 6) is 0.0947. The highest BCUT2D eigenvalue weighted by atomic mass is 16.1. The molecule has 1 nitrogen and oxygen atoms in total. The fourth-order valence-electron chi connectivity index (χ4n) is 4.24. The van der Waals surface area contributed by atoms with Gasteiger partial charge < -0.3 is 0 Å². The summed E-state index contributed by atoms with van der Waals surface area (Å²) in [6, 6.07) is 19.4. The minimum Gasteiger partial charge on any atom is -0.289 e. The third-order valence-electron chi connectivity index (χ3n) is 5.52. The van der Waals surface area contributed by atoms with E-state index in [9.17, 15) is 4.79 Å². The standard InChI is InChI=1S/C26H20O/c1-2-6-17-11-13-18(14-12-17)22-16-23-20-8-4-3-7-19(20)15-24(23)26-21(22)9-5-10-25(26)27/h3-5,7-16H,2,6H2,1H3. The van der Waals surface area contributed by atoms with Gasteiger partial charge in [-0.2, -0.15) is 0 Å². The van der Waals surface area contributed by atoms with Crippen LogP contribution in [0.2, 0.25) is 0 Å². The van der Waals surface area contributed by atoms with Crippen molar-refractivity contribution in [2.24, 2.45) is 0 Å². The van der Waals surface area contributed by atoms with Crippen LogP contribution in [0.3, 0.4) is 0 Å². The first-order valence-electron chi connectivity index (χ1n) is 9.56. The van der Waals surface area contributed by atoms with Crippen LogP contribution in [0, 0.1) is 10.4 Å². The van der Waals surface area contributed by atoms with Gasteiger partial charge in [0.25, 0.3) is 0 Å². The molecular formula is C26H20O. The second-order valence-corrected chi connectivity index (χ2v) is 7.24. The Morgan fingerprint density at radius 2 is 1.74 bits per heavy atom. The number of hydrogen-bond acceptors (Lipinski definition) is 1. The molecule has 0 unspecified atom stereocenters. The fraction of sp³-hybridized carbons (Fsp3) is 0.115. The first kappa shape index (κ1) is 16.0. The first-order chi connectivity index (χ1) is 13.3. The van der Waals surface area contributed by atoms with Crippen molar-refractivity contribution in [1.29, 1.82) is 0 Å². The molecule has 0 aliphatic heterocycles. The van der Waals surface area contributed by atoms with Gasteiger partial charge in [0.1, 0.15) is 0 Å². The second kappa shape index (κ2) is 6.21. The second-order valence-electron chi connectivity index (χ2n) is 7.24. The molecule has 0 saturated heterocycles. The number of ketones is 1. The van der Waals surface area contributed by atoms with Crippen molar-refractivity contribution in [2.45, 2.75) is 19.8 Å². The third-order valence-corrected chi connectivity index (χ3v) is 5.52. The molecule has 1 heteroatoms. The highest BCUT2D eigenvalue weighted by molar-refractivity contribution is 6.10. The number of aryl methyl sites for hydroxylation is 1. The first-order valence-corrected chi connectivity index (χ1v) is 9.56. The Labute approximate surface area is 158 Å². The van der Waals surface area contributed by atoms with Gasteiger partial charge in [0.15, 0.2) is 5.78 Å². The predicted molar refractivity (Wildman–Crippen MR) is 111 cm³/mol. The summed E-state index contributed by atoms with van der Waals surface area (Å²) in [6.45, 7) is 2.20. The quantitative estimate of drug-likeness (QED) is 0.540. The van der Waals surface area contributed by atoms with Crippen molar-refractivity contribution >= 4 is 17.9 Å². The fourth-order valence-corrected chi connectivity index (χ4v) is 4.24. The van der Waals surface area contributed by atoms with Crippen LogP contribution in [0.4, 0.5) is 0 Å². The van der Waals surface area contributed by atoms with E-state index in [1.165, 1.54) is 16.0 Å². The van der Waals surface area contributed by atoms with E-state index in [1.807, 2.05) is 6.08 Å². The molecule has 27 heavy (non-hydrogen) atoms. The minimum atomic E-state index is 0.0947. The van der Waals surface area contributed by atoms with Gasteiger partial charge >= 0.3 is 0 Å². The van der Waals surface area contributed by atoms with Crippen molar-refractivity contribution in [2.75, 3.05) is 0 Å². The lowest BCUT2D eigenvalue weighted by atomic mass is 9.89. The summed E-state index contributed by atoms with van der Waals surface area (Å²) in [5.41, 5.74) is 5.55. The minimum absolute atomic E-state index is 0.0947. The van der Waals surface area contributed by atoms with Crippen LogP contribution in [0.15, 0.2) is 66.7 Å². The molecule has 3 aromatic carbocycles. The molecule has 0 fully saturated rings. The van der Waals surface area contributed by atoms with Crippen LogP contribution in [0.5, 0.6) is 0 Å². The van der Waals surface area contributed by atoms with E-state index < -0.39 is 0 Å². The molecule has 5 rings (SSSR count). The number of fused-ring (bicyclic) bond motifs is 4. The molecule has 0 spiro atoms. The number of carbonyl (C=O) groups is 1. The van der Waals surface area contributed by atoms with Gasteiger partial charge in [0.05, 0.1) is 0 Å². The number of benzene rings is 3. The van der Waals surface area contributed by atoms with Gasteiger partial charge in [-0.15, -0.1) is 0 Å². The molecule has 0 amide bonds. The Bertz CT molecular complexity index is 1320. The van der Waals surface area contributed by atoms with E-state index >= 15 is 0 Å². The van der Waals surface area contributed by atoms with Gasteiger partial charge in [-0.3, -0.25) is 4.79 Å². The van der Waals surface area contributed by atoms with Crippen LogP contribution in [0.25, 0.3) is 23.3 Å². The van der Waals surface area contributed by atoms with Gasteiger partial charge in [-0.1, -0.05) is 74.0 Å². The van der Waals surface area contributed by atoms with Gasteiger partial charge in [0, 0.05) is 5.56 Å². The number of hydrogen-bond donors (Lipinski definition) is 0. The predicted octanol–water partition coefficient (Wildman–Crippen LogP) is 4.27. The molecule has 0 radical (unpaired) electrons. The third kappa shape index (κ3) is 2.50. The van der Waals surface area contributed by atoms with Crippen molar-refractivity contribution in [3.8, 4) is 11.1 Å². The Balaban J connectivity index is 1.86. The molecule has 0 saturated carbocycles. The Morgan fingerprint density at radius 1 is 0.926 bits per heavy atom. The maximum atomic E-state index is 12.8. The molecule has 0 atom stereocenters. The van der Waals surface area contributed by atoms with Crippen LogP contribution in [-0.4, -0.2) is 5.78 Å². The van der Waals surface area contributed by atoms with Gasteiger partial charge in [-0.05, 0) is 67.8 Å². The molecule has 3 aromatic rings. The molecular weight excluding hydrogens is 328 g/mol. The Morgan fingerprint density at radius 3 is 2.56 bits per heavy atom. The van der Waals surface area contributed by atoms with Crippen molar-refractivity contribution in [3.63, 3.8) is 0 Å². The molecule has 130 valence electrons. The van der Waals surface area contributed by atoms with E-state index in [4.69, 9.17) is 0 Å². The molecule has 0 N–H and O–H groups in total. The van der Waals surface area contributed by atoms with Gasteiger partial charge in [0.2, 0.25) is 0 Å². The summed E-state index contributed by atoms with van der Waals surface area (Å²) in [4.78, 5) is 12.8. The lowest BCUT2D eigenvalue weighted by molar-refractivity contribution is 0.104. The average Bonchev–Trinajstić information content (AvgIpc) is 3.07. The van der Waals surface area contributed by atoms with E-state index in [0.717, 1.165) is 45.5 Å². The molecule has 2 aliphatic rings. The summed E-state index contributed by atoms with van der Waals surface area (Å²) in [5, 5.41) is 4.59. The maximum Gasteiger partial charge on any atom is 0.187 e. The van der Waals surface area contributed by atoms with Crippen LogP contribution >= 0.6 is 0 Å². The van der Waals surface area contributed by atoms with E-state index in [1.54, 1.807) is 6.08 Å². The zero-order valence-corrected chi connectivity index (χ0v) is 15.3. The van der Waals surface area contributed by atoms with E-state index in [2.05, 4.69) is 73.7 Å². The average molecular weight is 348 g/mol. The van der Waals surface area contributed by atoms with Crippen LogP contribution < -0.4 is 10.4 Å². The highest BCUT2D eigenvalue weighted by Crippen LogP contribution is 2.24. The normalized spacial score (nSPS) is 13.4. The molecule has 2 aliphatic carbocycles. The maximum absolute atomic E-state index is 12.8. The molecule has 0 aromatic heterocycles. The summed E-state index contributed by atoms with van der Waals surface area (Å²) >= 11 is 0. The zero-order chi connectivity index (χ0) is 18.4. The number of allylic oxidation sites excluding steroid dienone is 2. The summed E-state index contributed by atoms with van der Waals surface area (Å²) in [7, 11) is 0. The van der Waals surface area contributed by atoms with Crippen LogP contribution in [0.1, 0.15) is 34.8 Å².